The predicted molar refractivity (Wildman–Crippen MR) is 169 cm³/mol. The van der Waals surface area contributed by atoms with Crippen LogP contribution in [0.2, 0.25) is 0 Å². The minimum Gasteiger partial charge on any atom is -0.393 e. The molecule has 42 heavy (non-hydrogen) atoms. The van der Waals surface area contributed by atoms with Crippen LogP contribution in [0.4, 0.5) is 4.79 Å². The Labute approximate surface area is 256 Å². The number of urea groups is 1. The number of carbonyl (C=O) groups is 1. The van der Waals surface area contributed by atoms with E-state index in [1.165, 1.54) is 51.4 Å². The normalized spacial score (nSPS) is 49.4. The minimum atomic E-state index is -0.228. The zero-order valence-electron chi connectivity index (χ0n) is 27.4. The van der Waals surface area contributed by atoms with Crippen molar-refractivity contribution in [3.05, 3.63) is 0 Å². The fourth-order valence-electron chi connectivity index (χ4n) is 12.5. The molecule has 6 fully saturated rings. The van der Waals surface area contributed by atoms with Gasteiger partial charge in [-0.2, -0.15) is 0 Å². The number of rotatable bonds is 8. The Kier molecular flexibility index (Phi) is 9.01. The molecule has 0 aromatic carbocycles. The standard InChI is InChI=1S/C36H63N3O3/c1-6-26-31-19-25(40)12-15-36(31,5)30-13-16-35(4)28(10-11-29(35)32(30)33(26)41)21(2)14-17-37-34(42)38-20-24-18-27(22(3)39-24)23-8-7-9-23/h21-33,39-41H,6-20H2,1-5H3,(H2,37,38,42)/t21-,22?,24?,25-,26-,27?,28-,29+,30+,31+,32+,33-,35-,36-/m1/s1. The molecule has 0 aromatic heterocycles. The van der Waals surface area contributed by atoms with Crippen LogP contribution in [0.15, 0.2) is 0 Å². The number of hydrogen-bond acceptors (Lipinski definition) is 4. The topological polar surface area (TPSA) is 93.6 Å². The highest BCUT2D eigenvalue weighted by Crippen LogP contribution is 2.69. The Morgan fingerprint density at radius 2 is 1.69 bits per heavy atom. The van der Waals surface area contributed by atoms with Crippen LogP contribution in [-0.2, 0) is 0 Å². The van der Waals surface area contributed by atoms with Gasteiger partial charge in [-0.25, -0.2) is 4.79 Å². The molecule has 1 saturated heterocycles. The first kappa shape index (κ1) is 31.1. The molecule has 6 aliphatic rings. The molecule has 240 valence electrons. The van der Waals surface area contributed by atoms with Crippen LogP contribution in [0.3, 0.4) is 0 Å². The molecule has 1 aliphatic heterocycles. The van der Waals surface area contributed by atoms with Gasteiger partial charge in [0, 0.05) is 25.2 Å². The van der Waals surface area contributed by atoms with Crippen molar-refractivity contribution < 1.29 is 15.0 Å². The number of fused-ring (bicyclic) bond motifs is 5. The van der Waals surface area contributed by atoms with Gasteiger partial charge in [-0.3, -0.25) is 0 Å². The van der Waals surface area contributed by atoms with E-state index in [0.717, 1.165) is 57.0 Å². The van der Waals surface area contributed by atoms with Gasteiger partial charge in [0.2, 0.25) is 0 Å². The van der Waals surface area contributed by atoms with Gasteiger partial charge in [0.05, 0.1) is 12.2 Å². The van der Waals surface area contributed by atoms with Crippen molar-refractivity contribution in [3.63, 3.8) is 0 Å². The summed E-state index contributed by atoms with van der Waals surface area (Å²) in [5.74, 6) is 5.27. The largest absolute Gasteiger partial charge is 0.393 e. The van der Waals surface area contributed by atoms with E-state index in [4.69, 9.17) is 0 Å². The van der Waals surface area contributed by atoms with Crippen molar-refractivity contribution in [1.29, 1.82) is 0 Å². The molecule has 5 N–H and O–H groups in total. The first-order chi connectivity index (χ1) is 20.1. The first-order valence-electron chi connectivity index (χ1n) is 18.2. The molecule has 5 saturated carbocycles. The van der Waals surface area contributed by atoms with Crippen molar-refractivity contribution >= 4 is 6.03 Å². The fraction of sp³-hybridized carbons (Fsp3) is 0.972. The zero-order chi connectivity index (χ0) is 29.8. The lowest BCUT2D eigenvalue weighted by molar-refractivity contribution is -0.203. The average molecular weight is 586 g/mol. The molecule has 0 radical (unpaired) electrons. The summed E-state index contributed by atoms with van der Waals surface area (Å²) in [7, 11) is 0. The van der Waals surface area contributed by atoms with E-state index in [-0.39, 0.29) is 29.1 Å². The predicted octanol–water partition coefficient (Wildman–Crippen LogP) is 6.11. The zero-order valence-corrected chi connectivity index (χ0v) is 27.4. The molecule has 0 bridgehead atoms. The van der Waals surface area contributed by atoms with E-state index in [1.807, 2.05) is 0 Å². The lowest BCUT2D eigenvalue weighted by Crippen LogP contribution is -2.62. The van der Waals surface area contributed by atoms with Crippen LogP contribution < -0.4 is 16.0 Å². The van der Waals surface area contributed by atoms with Gasteiger partial charge < -0.3 is 26.2 Å². The molecule has 14 atom stereocenters. The van der Waals surface area contributed by atoms with Gasteiger partial charge in [0.15, 0.2) is 0 Å². The second kappa shape index (κ2) is 12.2. The number of hydrogen-bond donors (Lipinski definition) is 5. The molecular weight excluding hydrogens is 522 g/mol. The summed E-state index contributed by atoms with van der Waals surface area (Å²) in [6.07, 6.45) is 14.9. The van der Waals surface area contributed by atoms with Crippen LogP contribution in [0, 0.1) is 64.1 Å². The molecule has 0 aromatic rings. The molecule has 6 nitrogen and oxygen atoms in total. The Balaban J connectivity index is 1.01. The quantitative estimate of drug-likeness (QED) is 0.238. The van der Waals surface area contributed by atoms with E-state index in [1.54, 1.807) is 0 Å². The highest BCUT2D eigenvalue weighted by molar-refractivity contribution is 5.73. The smallest absolute Gasteiger partial charge is 0.314 e. The van der Waals surface area contributed by atoms with Gasteiger partial charge in [-0.05, 0) is 129 Å². The fourth-order valence-corrected chi connectivity index (χ4v) is 12.5. The van der Waals surface area contributed by atoms with E-state index in [9.17, 15) is 15.0 Å². The van der Waals surface area contributed by atoms with Crippen LogP contribution in [0.1, 0.15) is 118 Å². The molecule has 2 amide bonds. The minimum absolute atomic E-state index is 0.0175. The van der Waals surface area contributed by atoms with Crippen molar-refractivity contribution in [1.82, 2.24) is 16.0 Å². The van der Waals surface area contributed by atoms with Crippen LogP contribution in [-0.4, -0.2) is 53.6 Å². The summed E-state index contributed by atoms with van der Waals surface area (Å²) < 4.78 is 0. The SMILES string of the molecule is CC[C@H]1[C@@H](O)[C@@H]2[C@H](CC[C@]3(C)[C@@H]([C@H](C)CCNC(=O)NCC4CC(C5CCC5)C(C)N4)CC[C@@H]23)[C@@]2(C)CC[C@@H](O)C[C@@H]12. The number of amides is 2. The van der Waals surface area contributed by atoms with E-state index >= 15 is 0 Å². The Morgan fingerprint density at radius 1 is 0.952 bits per heavy atom. The molecule has 3 unspecified atom stereocenters. The average Bonchev–Trinajstić information content (AvgIpc) is 3.47. The Bertz CT molecular complexity index is 957. The lowest BCUT2D eigenvalue weighted by Gasteiger charge is -2.64. The monoisotopic (exact) mass is 585 g/mol. The van der Waals surface area contributed by atoms with Crippen LogP contribution in [0.5, 0.6) is 0 Å². The number of aliphatic hydroxyl groups is 2. The summed E-state index contributed by atoms with van der Waals surface area (Å²) in [4.78, 5) is 12.7. The van der Waals surface area contributed by atoms with Crippen LogP contribution in [0.25, 0.3) is 0 Å². The highest BCUT2D eigenvalue weighted by Gasteiger charge is 2.64. The molecular formula is C36H63N3O3. The molecule has 5 aliphatic carbocycles. The summed E-state index contributed by atoms with van der Waals surface area (Å²) >= 11 is 0. The Morgan fingerprint density at radius 3 is 2.40 bits per heavy atom. The maximum Gasteiger partial charge on any atom is 0.314 e. The summed E-state index contributed by atoms with van der Waals surface area (Å²) in [6, 6.07) is 0.954. The van der Waals surface area contributed by atoms with Gasteiger partial charge >= 0.3 is 6.03 Å². The van der Waals surface area contributed by atoms with E-state index < -0.39 is 0 Å². The van der Waals surface area contributed by atoms with E-state index in [2.05, 4.69) is 50.6 Å². The van der Waals surface area contributed by atoms with Gasteiger partial charge in [0.1, 0.15) is 0 Å². The lowest BCUT2D eigenvalue weighted by atomic mass is 9.41. The van der Waals surface area contributed by atoms with Crippen molar-refractivity contribution in [2.45, 2.75) is 142 Å². The van der Waals surface area contributed by atoms with Gasteiger partial charge in [-0.1, -0.05) is 53.4 Å². The number of nitrogens with one attached hydrogen (secondary N) is 3. The number of carbonyl (C=O) groups excluding carboxylic acids is 1. The molecule has 0 spiro atoms. The second-order valence-electron chi connectivity index (χ2n) is 16.8. The Hall–Kier alpha value is -0.850. The molecule has 1 heterocycles. The van der Waals surface area contributed by atoms with Crippen molar-refractivity contribution in [2.75, 3.05) is 13.1 Å². The van der Waals surface area contributed by atoms with E-state index in [0.29, 0.717) is 53.5 Å². The summed E-state index contributed by atoms with van der Waals surface area (Å²) in [5, 5.41) is 32.6. The third kappa shape index (κ3) is 5.36. The van der Waals surface area contributed by atoms with Gasteiger partial charge in [-0.15, -0.1) is 0 Å². The van der Waals surface area contributed by atoms with Gasteiger partial charge in [0.25, 0.3) is 0 Å². The molecule has 6 heteroatoms. The van der Waals surface area contributed by atoms with Crippen LogP contribution >= 0.6 is 0 Å². The van der Waals surface area contributed by atoms with Crippen molar-refractivity contribution in [2.24, 2.45) is 64.1 Å². The summed E-state index contributed by atoms with van der Waals surface area (Å²) in [5.41, 5.74) is 0.539. The second-order valence-corrected chi connectivity index (χ2v) is 16.8. The third-order valence-corrected chi connectivity index (χ3v) is 15.0. The summed E-state index contributed by atoms with van der Waals surface area (Å²) in [6.45, 7) is 13.5. The number of aliphatic hydroxyl groups excluding tert-OH is 2. The maximum absolute atomic E-state index is 12.7. The first-order valence-corrected chi connectivity index (χ1v) is 18.2. The third-order valence-electron chi connectivity index (χ3n) is 15.0. The highest BCUT2D eigenvalue weighted by atomic mass is 16.3. The maximum atomic E-state index is 12.7. The van der Waals surface area contributed by atoms with Crippen molar-refractivity contribution in [3.8, 4) is 0 Å². The molecule has 6 rings (SSSR count).